The van der Waals surface area contributed by atoms with Crippen molar-refractivity contribution < 1.29 is 0 Å². The van der Waals surface area contributed by atoms with Crippen LogP contribution in [0.4, 0.5) is 0 Å². The fraction of sp³-hybridized carbons (Fsp3) is 0.895. The Hall–Kier alpha value is -0.900. The molecule has 4 heteroatoms. The SMILES string of the molecule is C1CCC([C@@H]2CCCCCN2Cc2nnc3n2CCCC3)CC1. The predicted molar refractivity (Wildman–Crippen MR) is 92.2 cm³/mol. The van der Waals surface area contributed by atoms with Crippen molar-refractivity contribution >= 4 is 0 Å². The van der Waals surface area contributed by atoms with Crippen molar-refractivity contribution in [1.82, 2.24) is 19.7 Å². The molecule has 3 heterocycles. The molecular formula is C19H32N4. The van der Waals surface area contributed by atoms with Gasteiger partial charge in [0.05, 0.1) is 6.54 Å². The first-order chi connectivity index (χ1) is 11.4. The van der Waals surface area contributed by atoms with Gasteiger partial charge >= 0.3 is 0 Å². The van der Waals surface area contributed by atoms with Crippen LogP contribution in [0.1, 0.15) is 82.3 Å². The Morgan fingerprint density at radius 3 is 2.48 bits per heavy atom. The van der Waals surface area contributed by atoms with Crippen LogP contribution in [0.5, 0.6) is 0 Å². The van der Waals surface area contributed by atoms with E-state index in [0.29, 0.717) is 0 Å². The standard InChI is InChI=1S/C19H32N4/c1-3-9-16(10-4-1)17-11-5-2-7-13-22(17)15-19-21-20-18-12-6-8-14-23(18)19/h16-17H,1-15H2/t17-/m0/s1. The average molecular weight is 316 g/mol. The second kappa shape index (κ2) is 7.33. The van der Waals surface area contributed by atoms with Crippen molar-refractivity contribution in [1.29, 1.82) is 0 Å². The minimum Gasteiger partial charge on any atom is -0.314 e. The van der Waals surface area contributed by atoms with Crippen LogP contribution in [0.3, 0.4) is 0 Å². The smallest absolute Gasteiger partial charge is 0.147 e. The predicted octanol–water partition coefficient (Wildman–Crippen LogP) is 3.94. The lowest BCUT2D eigenvalue weighted by Gasteiger charge is -2.37. The molecule has 2 aliphatic heterocycles. The van der Waals surface area contributed by atoms with E-state index in [4.69, 9.17) is 0 Å². The topological polar surface area (TPSA) is 34.0 Å². The zero-order chi connectivity index (χ0) is 15.5. The molecule has 2 fully saturated rings. The lowest BCUT2D eigenvalue weighted by Crippen LogP contribution is -2.41. The number of hydrogen-bond donors (Lipinski definition) is 0. The van der Waals surface area contributed by atoms with Crippen molar-refractivity contribution in [3.8, 4) is 0 Å². The quantitative estimate of drug-likeness (QED) is 0.847. The van der Waals surface area contributed by atoms with Gasteiger partial charge in [0.25, 0.3) is 0 Å². The normalized spacial score (nSPS) is 27.6. The summed E-state index contributed by atoms with van der Waals surface area (Å²) >= 11 is 0. The summed E-state index contributed by atoms with van der Waals surface area (Å²) in [5, 5.41) is 9.04. The van der Waals surface area contributed by atoms with Crippen molar-refractivity contribution in [2.45, 2.75) is 96.2 Å². The maximum absolute atomic E-state index is 4.57. The van der Waals surface area contributed by atoms with E-state index in [-0.39, 0.29) is 0 Å². The number of nitrogens with zero attached hydrogens (tertiary/aromatic N) is 4. The van der Waals surface area contributed by atoms with Gasteiger partial charge in [-0.2, -0.15) is 0 Å². The lowest BCUT2D eigenvalue weighted by molar-refractivity contribution is 0.107. The third-order valence-corrected chi connectivity index (χ3v) is 6.39. The summed E-state index contributed by atoms with van der Waals surface area (Å²) in [7, 11) is 0. The molecule has 0 radical (unpaired) electrons. The molecule has 1 saturated carbocycles. The van der Waals surface area contributed by atoms with Crippen LogP contribution >= 0.6 is 0 Å². The highest BCUT2D eigenvalue weighted by molar-refractivity contribution is 5.00. The fourth-order valence-electron chi connectivity index (χ4n) is 5.11. The molecule has 128 valence electrons. The second-order valence-corrected chi connectivity index (χ2v) is 7.93. The van der Waals surface area contributed by atoms with Gasteiger partial charge in [0.1, 0.15) is 11.6 Å². The highest BCUT2D eigenvalue weighted by Gasteiger charge is 2.31. The van der Waals surface area contributed by atoms with Crippen molar-refractivity contribution in [2.24, 2.45) is 5.92 Å². The van der Waals surface area contributed by atoms with Crippen molar-refractivity contribution in [2.75, 3.05) is 6.54 Å². The Morgan fingerprint density at radius 2 is 1.57 bits per heavy atom. The number of fused-ring (bicyclic) bond motifs is 1. The minimum absolute atomic E-state index is 0.800. The Morgan fingerprint density at radius 1 is 0.783 bits per heavy atom. The molecule has 1 saturated heterocycles. The van der Waals surface area contributed by atoms with Crippen LogP contribution in [0.15, 0.2) is 0 Å². The molecular weight excluding hydrogens is 284 g/mol. The molecule has 1 aromatic heterocycles. The molecule has 1 aliphatic carbocycles. The summed E-state index contributed by atoms with van der Waals surface area (Å²) in [4.78, 5) is 2.79. The fourth-order valence-corrected chi connectivity index (χ4v) is 5.11. The Balaban J connectivity index is 1.50. The van der Waals surface area contributed by atoms with Crippen LogP contribution in [-0.4, -0.2) is 32.3 Å². The Labute approximate surface area is 140 Å². The maximum Gasteiger partial charge on any atom is 0.147 e. The van der Waals surface area contributed by atoms with E-state index in [0.717, 1.165) is 31.5 Å². The first-order valence-corrected chi connectivity index (χ1v) is 10.1. The van der Waals surface area contributed by atoms with Gasteiger partial charge in [0.15, 0.2) is 0 Å². The first-order valence-electron chi connectivity index (χ1n) is 10.1. The van der Waals surface area contributed by atoms with E-state index in [1.807, 2.05) is 0 Å². The number of hydrogen-bond acceptors (Lipinski definition) is 3. The summed E-state index contributed by atoms with van der Waals surface area (Å²) in [6.07, 6.45) is 16.6. The van der Waals surface area contributed by atoms with E-state index < -0.39 is 0 Å². The van der Waals surface area contributed by atoms with E-state index in [1.54, 1.807) is 0 Å². The number of likely N-dealkylation sites (tertiary alicyclic amines) is 1. The van der Waals surface area contributed by atoms with Crippen molar-refractivity contribution in [3.05, 3.63) is 11.6 Å². The Bertz CT molecular complexity index is 503. The molecule has 1 aromatic rings. The molecule has 0 spiro atoms. The van der Waals surface area contributed by atoms with Crippen LogP contribution in [-0.2, 0) is 19.5 Å². The summed E-state index contributed by atoms with van der Waals surface area (Å²) in [6, 6.07) is 0.800. The first kappa shape index (κ1) is 15.6. The molecule has 1 atom stereocenters. The average Bonchev–Trinajstić information content (AvgIpc) is 2.86. The van der Waals surface area contributed by atoms with Gasteiger partial charge in [-0.05, 0) is 51.0 Å². The second-order valence-electron chi connectivity index (χ2n) is 7.93. The summed E-state index contributed by atoms with van der Waals surface area (Å²) < 4.78 is 2.42. The van der Waals surface area contributed by atoms with Gasteiger partial charge in [-0.15, -0.1) is 10.2 Å². The third-order valence-electron chi connectivity index (χ3n) is 6.39. The molecule has 0 aromatic carbocycles. The summed E-state index contributed by atoms with van der Waals surface area (Å²) in [6.45, 7) is 3.44. The monoisotopic (exact) mass is 316 g/mol. The van der Waals surface area contributed by atoms with E-state index in [9.17, 15) is 0 Å². The highest BCUT2D eigenvalue weighted by Crippen LogP contribution is 2.34. The van der Waals surface area contributed by atoms with Gasteiger partial charge < -0.3 is 4.57 Å². The summed E-state index contributed by atoms with van der Waals surface area (Å²) in [5.74, 6) is 3.41. The molecule has 3 aliphatic rings. The van der Waals surface area contributed by atoms with E-state index in [1.165, 1.54) is 88.8 Å². The molecule has 0 N–H and O–H groups in total. The molecule has 0 unspecified atom stereocenters. The largest absolute Gasteiger partial charge is 0.314 e. The van der Waals surface area contributed by atoms with Gasteiger partial charge in [-0.3, -0.25) is 4.90 Å². The highest BCUT2D eigenvalue weighted by atomic mass is 15.3. The van der Waals surface area contributed by atoms with Crippen LogP contribution < -0.4 is 0 Å². The number of aromatic nitrogens is 3. The number of rotatable bonds is 3. The zero-order valence-corrected chi connectivity index (χ0v) is 14.6. The van der Waals surface area contributed by atoms with Gasteiger partial charge in [0.2, 0.25) is 0 Å². The van der Waals surface area contributed by atoms with Gasteiger partial charge in [-0.25, -0.2) is 0 Å². The molecule has 4 rings (SSSR count). The number of aryl methyl sites for hydroxylation is 1. The van der Waals surface area contributed by atoms with E-state index >= 15 is 0 Å². The zero-order valence-electron chi connectivity index (χ0n) is 14.6. The minimum atomic E-state index is 0.800. The Kier molecular flexibility index (Phi) is 4.98. The maximum atomic E-state index is 4.57. The van der Waals surface area contributed by atoms with Gasteiger partial charge in [-0.1, -0.05) is 32.1 Å². The van der Waals surface area contributed by atoms with Crippen LogP contribution in [0.25, 0.3) is 0 Å². The van der Waals surface area contributed by atoms with E-state index in [2.05, 4.69) is 19.7 Å². The van der Waals surface area contributed by atoms with Crippen molar-refractivity contribution in [3.63, 3.8) is 0 Å². The van der Waals surface area contributed by atoms with Crippen LogP contribution in [0, 0.1) is 5.92 Å². The van der Waals surface area contributed by atoms with Gasteiger partial charge in [0, 0.05) is 19.0 Å². The van der Waals surface area contributed by atoms with Crippen LogP contribution in [0.2, 0.25) is 0 Å². The molecule has 0 amide bonds. The lowest BCUT2D eigenvalue weighted by atomic mass is 9.81. The summed E-state index contributed by atoms with van der Waals surface area (Å²) in [5.41, 5.74) is 0. The molecule has 4 nitrogen and oxygen atoms in total. The third kappa shape index (κ3) is 3.47. The molecule has 23 heavy (non-hydrogen) atoms. The molecule has 0 bridgehead atoms.